The Kier molecular flexibility index (Phi) is 4.80. The highest BCUT2D eigenvalue weighted by Gasteiger charge is 2.24. The van der Waals surface area contributed by atoms with Crippen molar-refractivity contribution in [2.45, 2.75) is 6.54 Å². The van der Waals surface area contributed by atoms with Crippen molar-refractivity contribution < 1.29 is 14.3 Å². The number of nitrogens with zero attached hydrogens (tertiary/aromatic N) is 3. The lowest BCUT2D eigenvalue weighted by Crippen LogP contribution is -2.31. The van der Waals surface area contributed by atoms with Crippen molar-refractivity contribution in [1.29, 1.82) is 0 Å². The number of amides is 1. The smallest absolute Gasteiger partial charge is 0.261 e. The van der Waals surface area contributed by atoms with Crippen LogP contribution in [0.25, 0.3) is 10.2 Å². The Morgan fingerprint density at radius 1 is 1.14 bits per heavy atom. The molecular weight excluding hydrogens is 501 g/mol. The van der Waals surface area contributed by atoms with Crippen molar-refractivity contribution in [3.05, 3.63) is 75.6 Å². The summed E-state index contributed by atoms with van der Waals surface area (Å²) >= 11 is 3.64. The number of pyridine rings is 1. The van der Waals surface area contributed by atoms with Crippen LogP contribution in [0, 0.1) is 3.57 Å². The van der Waals surface area contributed by atoms with E-state index in [0.29, 0.717) is 28.7 Å². The van der Waals surface area contributed by atoms with E-state index in [1.165, 1.54) is 11.3 Å². The zero-order valence-electron chi connectivity index (χ0n) is 15.0. The Morgan fingerprint density at radius 2 is 1.97 bits per heavy atom. The van der Waals surface area contributed by atoms with Crippen molar-refractivity contribution in [3.8, 4) is 11.5 Å². The van der Waals surface area contributed by atoms with Crippen molar-refractivity contribution in [2.75, 3.05) is 11.7 Å². The number of benzene rings is 2. The third-order valence-electron chi connectivity index (χ3n) is 4.52. The monoisotopic (exact) mass is 515 g/mol. The number of hydrogen-bond acceptors (Lipinski definition) is 6. The van der Waals surface area contributed by atoms with Gasteiger partial charge in [0.15, 0.2) is 16.6 Å². The fourth-order valence-electron chi connectivity index (χ4n) is 3.10. The summed E-state index contributed by atoms with van der Waals surface area (Å²) in [6.45, 7) is 0.599. The van der Waals surface area contributed by atoms with Gasteiger partial charge in [-0.05, 0) is 46.4 Å². The second-order valence-corrected chi connectivity index (χ2v) is 8.57. The quantitative estimate of drug-likeness (QED) is 0.363. The van der Waals surface area contributed by atoms with Gasteiger partial charge in [-0.3, -0.25) is 14.7 Å². The molecule has 1 amide bonds. The van der Waals surface area contributed by atoms with Gasteiger partial charge < -0.3 is 9.47 Å². The Bertz CT molecular complexity index is 1170. The number of anilines is 1. The first-order valence-electron chi connectivity index (χ1n) is 8.84. The van der Waals surface area contributed by atoms with Gasteiger partial charge in [-0.1, -0.05) is 29.5 Å². The number of ether oxygens (including phenoxy) is 2. The zero-order chi connectivity index (χ0) is 19.8. The molecule has 2 aromatic carbocycles. The zero-order valence-corrected chi connectivity index (χ0v) is 18.0. The van der Waals surface area contributed by atoms with Gasteiger partial charge in [0.05, 0.1) is 22.3 Å². The second-order valence-electron chi connectivity index (χ2n) is 6.40. The summed E-state index contributed by atoms with van der Waals surface area (Å²) in [5.41, 5.74) is 2.35. The fraction of sp³-hybridized carbons (Fsp3) is 0.0952. The molecule has 3 heterocycles. The standard InChI is InChI=1S/C21H14IN3O3S/c22-15-6-2-1-5-14(15)20(26)25(11-13-4-3-7-23-10-13)21-24-16-8-17-18(28-12-27-17)9-19(16)29-21/h1-10H,11-12H2. The van der Waals surface area contributed by atoms with Crippen LogP contribution >= 0.6 is 33.9 Å². The van der Waals surface area contributed by atoms with Gasteiger partial charge in [0.1, 0.15) is 0 Å². The van der Waals surface area contributed by atoms with Crippen LogP contribution in [0.15, 0.2) is 60.9 Å². The van der Waals surface area contributed by atoms with Gasteiger partial charge >= 0.3 is 0 Å². The Hall–Kier alpha value is -2.72. The van der Waals surface area contributed by atoms with Gasteiger partial charge in [0.2, 0.25) is 6.79 Å². The number of aromatic nitrogens is 2. The van der Waals surface area contributed by atoms with Gasteiger partial charge in [0.25, 0.3) is 5.91 Å². The van der Waals surface area contributed by atoms with E-state index < -0.39 is 0 Å². The minimum atomic E-state index is -0.0991. The summed E-state index contributed by atoms with van der Waals surface area (Å²) in [5, 5.41) is 0.622. The molecule has 0 aliphatic carbocycles. The number of rotatable bonds is 4. The second kappa shape index (κ2) is 7.60. The van der Waals surface area contributed by atoms with E-state index in [-0.39, 0.29) is 12.7 Å². The molecule has 0 saturated carbocycles. The summed E-state index contributed by atoms with van der Waals surface area (Å²) in [4.78, 5) is 24.1. The van der Waals surface area contributed by atoms with Crippen LogP contribution in [0.3, 0.4) is 0 Å². The number of carbonyl (C=O) groups is 1. The lowest BCUT2D eigenvalue weighted by molar-refractivity contribution is 0.0984. The van der Waals surface area contributed by atoms with E-state index in [1.54, 1.807) is 17.3 Å². The molecule has 5 rings (SSSR count). The van der Waals surface area contributed by atoms with Crippen LogP contribution in [-0.4, -0.2) is 22.7 Å². The van der Waals surface area contributed by atoms with Crippen molar-refractivity contribution in [1.82, 2.24) is 9.97 Å². The largest absolute Gasteiger partial charge is 0.454 e. The number of halogens is 1. The van der Waals surface area contributed by atoms with Crippen LogP contribution in [0.5, 0.6) is 11.5 Å². The van der Waals surface area contributed by atoms with E-state index >= 15 is 0 Å². The highest BCUT2D eigenvalue weighted by molar-refractivity contribution is 14.1. The molecule has 0 fully saturated rings. The van der Waals surface area contributed by atoms with E-state index in [0.717, 1.165) is 19.4 Å². The highest BCUT2D eigenvalue weighted by atomic mass is 127. The van der Waals surface area contributed by atoms with Crippen LogP contribution in [0.4, 0.5) is 5.13 Å². The lowest BCUT2D eigenvalue weighted by atomic mass is 10.2. The van der Waals surface area contributed by atoms with E-state index in [2.05, 4.69) is 27.6 Å². The first-order valence-corrected chi connectivity index (χ1v) is 10.7. The molecule has 0 spiro atoms. The molecule has 0 saturated heterocycles. The maximum absolute atomic E-state index is 13.5. The fourth-order valence-corrected chi connectivity index (χ4v) is 4.69. The van der Waals surface area contributed by atoms with Crippen molar-refractivity contribution in [2.24, 2.45) is 0 Å². The molecule has 4 aromatic rings. The molecule has 1 aliphatic heterocycles. The average Bonchev–Trinajstić information content (AvgIpc) is 3.36. The minimum Gasteiger partial charge on any atom is -0.454 e. The maximum Gasteiger partial charge on any atom is 0.261 e. The first kappa shape index (κ1) is 18.3. The average molecular weight is 515 g/mol. The highest BCUT2D eigenvalue weighted by Crippen LogP contribution is 2.40. The summed E-state index contributed by atoms with van der Waals surface area (Å²) in [7, 11) is 0. The lowest BCUT2D eigenvalue weighted by Gasteiger charge is -2.20. The number of hydrogen-bond donors (Lipinski definition) is 0. The molecular formula is C21H14IN3O3S. The summed E-state index contributed by atoms with van der Waals surface area (Å²) in [6, 6.07) is 15.1. The third kappa shape index (κ3) is 3.53. The predicted octanol–water partition coefficient (Wildman–Crippen LogP) is 4.87. The van der Waals surface area contributed by atoms with Crippen LogP contribution in [0.2, 0.25) is 0 Å². The summed E-state index contributed by atoms with van der Waals surface area (Å²) in [6.07, 6.45) is 3.48. The molecule has 0 bridgehead atoms. The van der Waals surface area contributed by atoms with E-state index in [9.17, 15) is 4.79 Å². The van der Waals surface area contributed by atoms with Crippen LogP contribution in [-0.2, 0) is 6.54 Å². The SMILES string of the molecule is O=C(c1ccccc1I)N(Cc1cccnc1)c1nc2cc3c(cc2s1)OCO3. The molecule has 0 N–H and O–H groups in total. The Balaban J connectivity index is 1.59. The van der Waals surface area contributed by atoms with Gasteiger partial charge in [0, 0.05) is 28.1 Å². The van der Waals surface area contributed by atoms with Crippen molar-refractivity contribution in [3.63, 3.8) is 0 Å². The molecule has 0 radical (unpaired) electrons. The van der Waals surface area contributed by atoms with Gasteiger partial charge in [-0.2, -0.15) is 0 Å². The van der Waals surface area contributed by atoms with Crippen LogP contribution in [0.1, 0.15) is 15.9 Å². The number of thiazole rings is 1. The van der Waals surface area contributed by atoms with Crippen LogP contribution < -0.4 is 14.4 Å². The molecule has 6 nitrogen and oxygen atoms in total. The minimum absolute atomic E-state index is 0.0991. The molecule has 1 aliphatic rings. The maximum atomic E-state index is 13.5. The molecule has 2 aromatic heterocycles. The van der Waals surface area contributed by atoms with Crippen molar-refractivity contribution >= 4 is 55.2 Å². The molecule has 0 unspecified atom stereocenters. The van der Waals surface area contributed by atoms with Gasteiger partial charge in [-0.15, -0.1) is 0 Å². The number of fused-ring (bicyclic) bond motifs is 2. The normalized spacial score (nSPS) is 12.3. The Labute approximate surface area is 184 Å². The third-order valence-corrected chi connectivity index (χ3v) is 6.50. The molecule has 8 heteroatoms. The Morgan fingerprint density at radius 3 is 2.76 bits per heavy atom. The molecule has 144 valence electrons. The topological polar surface area (TPSA) is 64.6 Å². The predicted molar refractivity (Wildman–Crippen MR) is 120 cm³/mol. The summed E-state index contributed by atoms with van der Waals surface area (Å²) < 4.78 is 12.8. The molecule has 29 heavy (non-hydrogen) atoms. The van der Waals surface area contributed by atoms with E-state index in [4.69, 9.17) is 14.5 Å². The summed E-state index contributed by atoms with van der Waals surface area (Å²) in [5.74, 6) is 1.28. The van der Waals surface area contributed by atoms with E-state index in [1.807, 2.05) is 48.5 Å². The van der Waals surface area contributed by atoms with Gasteiger partial charge in [-0.25, -0.2) is 4.98 Å². The molecule has 0 atom stereocenters. The number of carbonyl (C=O) groups excluding carboxylic acids is 1. The first-order chi connectivity index (χ1) is 14.2.